The molecule has 0 spiro atoms. The van der Waals surface area contributed by atoms with Crippen LogP contribution in [0.5, 0.6) is 0 Å². The van der Waals surface area contributed by atoms with Gasteiger partial charge >= 0.3 is 6.18 Å². The predicted molar refractivity (Wildman–Crippen MR) is 77.2 cm³/mol. The second-order valence-corrected chi connectivity index (χ2v) is 5.57. The molecule has 0 bridgehead atoms. The van der Waals surface area contributed by atoms with Crippen molar-refractivity contribution in [2.75, 3.05) is 11.9 Å². The molecule has 1 amide bonds. The van der Waals surface area contributed by atoms with Crippen molar-refractivity contribution in [2.24, 2.45) is 10.4 Å². The molecule has 1 aliphatic heterocycles. The third-order valence-electron chi connectivity index (χ3n) is 3.63. The van der Waals surface area contributed by atoms with Crippen LogP contribution in [-0.4, -0.2) is 24.3 Å². The van der Waals surface area contributed by atoms with Crippen LogP contribution in [-0.2, 0) is 4.79 Å². The second kappa shape index (κ2) is 5.44. The zero-order chi connectivity index (χ0) is 16.5. The molecular weight excluding hydrogens is 295 g/mol. The number of benzene rings is 1. The predicted octanol–water partition coefficient (Wildman–Crippen LogP) is 3.90. The Morgan fingerprint density at radius 1 is 1.45 bits per heavy atom. The first kappa shape index (κ1) is 16.0. The summed E-state index contributed by atoms with van der Waals surface area (Å²) < 4.78 is 37.9. The number of carbonyl (C=O) groups excluding carboxylic acids is 1. The van der Waals surface area contributed by atoms with E-state index in [4.69, 9.17) is 6.57 Å². The zero-order valence-corrected chi connectivity index (χ0v) is 12.1. The number of halogens is 3. The molecular formula is C15H14F3N3O. The Hall–Kier alpha value is -2.36. The molecule has 0 aromatic heterocycles. The molecule has 2 rings (SSSR count). The van der Waals surface area contributed by atoms with E-state index in [9.17, 15) is 18.0 Å². The summed E-state index contributed by atoms with van der Waals surface area (Å²) in [4.78, 5) is 19.0. The highest BCUT2D eigenvalue weighted by atomic mass is 19.4. The fraction of sp³-hybridized carbons (Fsp3) is 0.400. The molecule has 7 heteroatoms. The van der Waals surface area contributed by atoms with Crippen molar-refractivity contribution < 1.29 is 18.0 Å². The Morgan fingerprint density at radius 2 is 2.14 bits per heavy atom. The highest BCUT2D eigenvalue weighted by Crippen LogP contribution is 2.36. The normalized spacial score (nSPS) is 21.2. The van der Waals surface area contributed by atoms with Crippen molar-refractivity contribution in [1.82, 2.24) is 0 Å². The van der Waals surface area contributed by atoms with E-state index in [1.165, 1.54) is 6.92 Å². The van der Waals surface area contributed by atoms with Crippen LogP contribution in [0, 0.1) is 18.9 Å². The number of rotatable bonds is 2. The van der Waals surface area contributed by atoms with Gasteiger partial charge in [0.15, 0.2) is 5.69 Å². The van der Waals surface area contributed by atoms with Gasteiger partial charge in [0.1, 0.15) is 5.71 Å². The number of aliphatic imine (C=N–C) groups is 1. The summed E-state index contributed by atoms with van der Waals surface area (Å²) in [7, 11) is 0. The van der Waals surface area contributed by atoms with Gasteiger partial charge in [-0.3, -0.25) is 9.79 Å². The van der Waals surface area contributed by atoms with Crippen LogP contribution in [0.4, 0.5) is 24.5 Å². The van der Waals surface area contributed by atoms with Crippen LogP contribution in [0.25, 0.3) is 4.85 Å². The topological polar surface area (TPSA) is 45.8 Å². The van der Waals surface area contributed by atoms with Crippen LogP contribution >= 0.6 is 0 Å². The molecule has 1 aromatic rings. The zero-order valence-electron chi connectivity index (χ0n) is 12.1. The standard InChI is InChI=1S/C15H14F3N3O/c1-9-6-10(4-5-11(9)19-3)21-13(22)14(2)7-12(20-8-14)15(16,17)18/h4-6H,7-8H2,1-2H3,(H,21,22). The lowest BCUT2D eigenvalue weighted by Gasteiger charge is -2.22. The molecule has 1 heterocycles. The smallest absolute Gasteiger partial charge is 0.326 e. The van der Waals surface area contributed by atoms with Crippen molar-refractivity contribution in [2.45, 2.75) is 26.4 Å². The quantitative estimate of drug-likeness (QED) is 0.828. The fourth-order valence-corrected chi connectivity index (χ4v) is 2.23. The molecule has 1 atom stereocenters. The molecule has 0 radical (unpaired) electrons. The van der Waals surface area contributed by atoms with Crippen LogP contribution < -0.4 is 5.32 Å². The van der Waals surface area contributed by atoms with Crippen molar-refractivity contribution in [1.29, 1.82) is 0 Å². The molecule has 1 N–H and O–H groups in total. The maximum absolute atomic E-state index is 12.6. The number of aryl methyl sites for hydroxylation is 1. The molecule has 0 saturated heterocycles. The minimum absolute atomic E-state index is 0.188. The maximum atomic E-state index is 12.6. The molecule has 0 saturated carbocycles. The van der Waals surface area contributed by atoms with E-state index in [2.05, 4.69) is 15.2 Å². The van der Waals surface area contributed by atoms with Gasteiger partial charge in [0, 0.05) is 12.1 Å². The number of hydrogen-bond donors (Lipinski definition) is 1. The van der Waals surface area contributed by atoms with E-state index >= 15 is 0 Å². The fourth-order valence-electron chi connectivity index (χ4n) is 2.23. The van der Waals surface area contributed by atoms with Crippen molar-refractivity contribution in [3.8, 4) is 0 Å². The summed E-state index contributed by atoms with van der Waals surface area (Å²) in [6.45, 7) is 9.96. The van der Waals surface area contributed by atoms with Gasteiger partial charge in [0.25, 0.3) is 0 Å². The number of alkyl halides is 3. The van der Waals surface area contributed by atoms with E-state index < -0.39 is 29.6 Å². The SMILES string of the molecule is [C-]#[N+]c1ccc(NC(=O)C2(C)CN=C(C(F)(F)F)C2)cc1C. The van der Waals surface area contributed by atoms with Gasteiger partial charge in [-0.2, -0.15) is 13.2 Å². The number of nitrogens with zero attached hydrogens (tertiary/aromatic N) is 2. The van der Waals surface area contributed by atoms with E-state index in [0.717, 1.165) is 0 Å². The lowest BCUT2D eigenvalue weighted by atomic mass is 9.86. The van der Waals surface area contributed by atoms with Gasteiger partial charge in [0.05, 0.1) is 18.5 Å². The molecule has 1 aromatic carbocycles. The molecule has 22 heavy (non-hydrogen) atoms. The Bertz CT molecular complexity index is 688. The van der Waals surface area contributed by atoms with E-state index in [-0.39, 0.29) is 6.54 Å². The molecule has 0 fully saturated rings. The molecule has 1 aliphatic rings. The van der Waals surface area contributed by atoms with Gasteiger partial charge < -0.3 is 5.32 Å². The van der Waals surface area contributed by atoms with Crippen molar-refractivity contribution in [3.63, 3.8) is 0 Å². The minimum Gasteiger partial charge on any atom is -0.326 e. The maximum Gasteiger partial charge on any atom is 0.429 e. The van der Waals surface area contributed by atoms with E-state index in [1.807, 2.05) is 0 Å². The Kier molecular flexibility index (Phi) is 3.96. The summed E-state index contributed by atoms with van der Waals surface area (Å²) in [6.07, 6.45) is -4.92. The monoisotopic (exact) mass is 309 g/mol. The van der Waals surface area contributed by atoms with Crippen LogP contribution in [0.15, 0.2) is 23.2 Å². The van der Waals surface area contributed by atoms with Gasteiger partial charge in [-0.05, 0) is 31.5 Å². The number of anilines is 1. The number of carbonyl (C=O) groups is 1. The van der Waals surface area contributed by atoms with Crippen LogP contribution in [0.1, 0.15) is 18.9 Å². The minimum atomic E-state index is -4.49. The third kappa shape index (κ3) is 3.11. The lowest BCUT2D eigenvalue weighted by Crippen LogP contribution is -2.36. The summed E-state index contributed by atoms with van der Waals surface area (Å²) in [5.74, 6) is -0.509. The Balaban J connectivity index is 2.11. The summed E-state index contributed by atoms with van der Waals surface area (Å²) >= 11 is 0. The second-order valence-electron chi connectivity index (χ2n) is 5.57. The van der Waals surface area contributed by atoms with Crippen molar-refractivity contribution >= 4 is 23.0 Å². The number of nitrogens with one attached hydrogen (secondary N) is 1. The van der Waals surface area contributed by atoms with E-state index in [0.29, 0.717) is 16.9 Å². The third-order valence-corrected chi connectivity index (χ3v) is 3.63. The van der Waals surface area contributed by atoms with Crippen LogP contribution in [0.2, 0.25) is 0 Å². The van der Waals surface area contributed by atoms with Gasteiger partial charge in [-0.25, -0.2) is 4.85 Å². The Morgan fingerprint density at radius 3 is 2.64 bits per heavy atom. The molecule has 1 unspecified atom stereocenters. The summed E-state index contributed by atoms with van der Waals surface area (Å²) in [5, 5.41) is 2.61. The number of hydrogen-bond acceptors (Lipinski definition) is 2. The van der Waals surface area contributed by atoms with Crippen LogP contribution in [0.3, 0.4) is 0 Å². The lowest BCUT2D eigenvalue weighted by molar-refractivity contribution is -0.123. The highest BCUT2D eigenvalue weighted by Gasteiger charge is 2.47. The largest absolute Gasteiger partial charge is 0.429 e. The van der Waals surface area contributed by atoms with Gasteiger partial charge in [0.2, 0.25) is 5.91 Å². The average molecular weight is 309 g/mol. The van der Waals surface area contributed by atoms with Crippen molar-refractivity contribution in [3.05, 3.63) is 35.2 Å². The van der Waals surface area contributed by atoms with Gasteiger partial charge in [-0.1, -0.05) is 6.07 Å². The summed E-state index contributed by atoms with van der Waals surface area (Å²) in [6, 6.07) is 4.74. The van der Waals surface area contributed by atoms with E-state index in [1.54, 1.807) is 25.1 Å². The first-order chi connectivity index (χ1) is 10.2. The van der Waals surface area contributed by atoms with Gasteiger partial charge in [-0.15, -0.1) is 0 Å². The average Bonchev–Trinajstić information content (AvgIpc) is 2.83. The highest BCUT2D eigenvalue weighted by molar-refractivity contribution is 6.02. The first-order valence-corrected chi connectivity index (χ1v) is 6.56. The Labute approximate surface area is 125 Å². The number of amides is 1. The molecule has 4 nitrogen and oxygen atoms in total. The summed E-state index contributed by atoms with van der Waals surface area (Å²) in [5.41, 5.74) is -0.498. The molecule has 0 aliphatic carbocycles. The first-order valence-electron chi connectivity index (χ1n) is 6.56. The molecule has 116 valence electrons.